The Labute approximate surface area is 106 Å². The van der Waals surface area contributed by atoms with Crippen molar-refractivity contribution in [3.05, 3.63) is 29.8 Å². The molecule has 0 aliphatic carbocycles. The van der Waals surface area contributed by atoms with Crippen molar-refractivity contribution in [2.45, 2.75) is 13.3 Å². The van der Waals surface area contributed by atoms with Gasteiger partial charge in [-0.3, -0.25) is 9.59 Å². The molecule has 5 heteroatoms. The van der Waals surface area contributed by atoms with Gasteiger partial charge < -0.3 is 14.8 Å². The van der Waals surface area contributed by atoms with E-state index in [1.165, 1.54) is 7.11 Å². The van der Waals surface area contributed by atoms with Crippen molar-refractivity contribution < 1.29 is 19.1 Å². The second-order valence-electron chi connectivity index (χ2n) is 3.61. The lowest BCUT2D eigenvalue weighted by Crippen LogP contribution is -2.31. The van der Waals surface area contributed by atoms with Crippen LogP contribution in [0.15, 0.2) is 24.3 Å². The van der Waals surface area contributed by atoms with Gasteiger partial charge in [0.15, 0.2) is 0 Å². The van der Waals surface area contributed by atoms with Crippen LogP contribution >= 0.6 is 0 Å². The van der Waals surface area contributed by atoms with Gasteiger partial charge >= 0.3 is 5.97 Å². The maximum atomic E-state index is 11.5. The van der Waals surface area contributed by atoms with E-state index in [1.807, 2.05) is 31.2 Å². The van der Waals surface area contributed by atoms with Crippen molar-refractivity contribution in [1.82, 2.24) is 5.32 Å². The summed E-state index contributed by atoms with van der Waals surface area (Å²) in [5.41, 5.74) is 0.862. The molecule has 18 heavy (non-hydrogen) atoms. The summed E-state index contributed by atoms with van der Waals surface area (Å²) >= 11 is 0. The van der Waals surface area contributed by atoms with E-state index in [0.717, 1.165) is 11.3 Å². The highest BCUT2D eigenvalue weighted by Gasteiger charge is 2.06. The highest BCUT2D eigenvalue weighted by atomic mass is 16.5. The number of hydrogen-bond donors (Lipinski definition) is 1. The quantitative estimate of drug-likeness (QED) is 0.763. The molecule has 1 amide bonds. The molecule has 0 saturated carbocycles. The zero-order chi connectivity index (χ0) is 13.4. The number of carbonyl (C=O) groups is 2. The number of ether oxygens (including phenoxy) is 2. The largest absolute Gasteiger partial charge is 0.494 e. The van der Waals surface area contributed by atoms with Gasteiger partial charge in [0.05, 0.1) is 20.1 Å². The van der Waals surface area contributed by atoms with Gasteiger partial charge in [-0.2, -0.15) is 0 Å². The Morgan fingerprint density at radius 2 is 1.89 bits per heavy atom. The maximum absolute atomic E-state index is 11.5. The van der Waals surface area contributed by atoms with Gasteiger partial charge in [0.25, 0.3) is 0 Å². The van der Waals surface area contributed by atoms with Gasteiger partial charge in [-0.1, -0.05) is 12.1 Å². The minimum atomic E-state index is -0.463. The lowest BCUT2D eigenvalue weighted by molar-refractivity contribution is -0.141. The van der Waals surface area contributed by atoms with Crippen molar-refractivity contribution in [3.8, 4) is 5.75 Å². The summed E-state index contributed by atoms with van der Waals surface area (Å²) in [6.45, 7) is 2.42. The highest BCUT2D eigenvalue weighted by Crippen LogP contribution is 2.12. The van der Waals surface area contributed by atoms with Crippen LogP contribution in [0.1, 0.15) is 12.5 Å². The van der Waals surface area contributed by atoms with Gasteiger partial charge in [-0.15, -0.1) is 0 Å². The van der Waals surface area contributed by atoms with E-state index in [2.05, 4.69) is 10.1 Å². The summed E-state index contributed by atoms with van der Waals surface area (Å²) < 4.78 is 9.72. The SMILES string of the molecule is CCOc1ccc(CC(=O)NCC(=O)OC)cc1. The molecule has 1 rings (SSSR count). The average molecular weight is 251 g/mol. The minimum Gasteiger partial charge on any atom is -0.494 e. The van der Waals surface area contributed by atoms with Crippen LogP contribution in [0.5, 0.6) is 5.75 Å². The molecule has 0 fully saturated rings. The zero-order valence-corrected chi connectivity index (χ0v) is 10.6. The molecule has 0 aromatic heterocycles. The summed E-state index contributed by atoms with van der Waals surface area (Å²) in [4.78, 5) is 22.3. The maximum Gasteiger partial charge on any atom is 0.325 e. The summed E-state index contributed by atoms with van der Waals surface area (Å²) in [5.74, 6) is 0.0934. The molecule has 0 saturated heterocycles. The number of rotatable bonds is 6. The van der Waals surface area contributed by atoms with Crippen LogP contribution in [0.4, 0.5) is 0 Å². The lowest BCUT2D eigenvalue weighted by Gasteiger charge is -2.06. The molecule has 1 N–H and O–H groups in total. The predicted molar refractivity (Wildman–Crippen MR) is 66.3 cm³/mol. The van der Waals surface area contributed by atoms with Crippen molar-refractivity contribution in [3.63, 3.8) is 0 Å². The number of benzene rings is 1. The van der Waals surface area contributed by atoms with Crippen LogP contribution in [0.25, 0.3) is 0 Å². The van der Waals surface area contributed by atoms with Crippen LogP contribution in [-0.2, 0) is 20.7 Å². The Morgan fingerprint density at radius 3 is 2.44 bits per heavy atom. The van der Waals surface area contributed by atoms with Gasteiger partial charge in [0.2, 0.25) is 5.91 Å². The van der Waals surface area contributed by atoms with Crippen LogP contribution in [0.3, 0.4) is 0 Å². The highest BCUT2D eigenvalue weighted by molar-refractivity contribution is 5.83. The molecular weight excluding hydrogens is 234 g/mol. The molecule has 0 radical (unpaired) electrons. The first kappa shape index (κ1) is 14.0. The fourth-order valence-corrected chi connectivity index (χ4v) is 1.36. The zero-order valence-electron chi connectivity index (χ0n) is 10.6. The van der Waals surface area contributed by atoms with E-state index in [1.54, 1.807) is 0 Å². The van der Waals surface area contributed by atoms with Gasteiger partial charge in [0.1, 0.15) is 12.3 Å². The molecule has 0 aliphatic heterocycles. The molecule has 0 atom stereocenters. The van der Waals surface area contributed by atoms with Gasteiger partial charge in [0, 0.05) is 0 Å². The molecule has 0 bridgehead atoms. The number of methoxy groups -OCH3 is 1. The van der Waals surface area contributed by atoms with Crippen LogP contribution in [0.2, 0.25) is 0 Å². The normalized spacial score (nSPS) is 9.67. The van der Waals surface area contributed by atoms with Crippen molar-refractivity contribution in [2.24, 2.45) is 0 Å². The third-order valence-corrected chi connectivity index (χ3v) is 2.26. The van der Waals surface area contributed by atoms with E-state index >= 15 is 0 Å². The third kappa shape index (κ3) is 4.86. The Morgan fingerprint density at radius 1 is 1.22 bits per heavy atom. The van der Waals surface area contributed by atoms with Crippen LogP contribution in [-0.4, -0.2) is 32.1 Å². The first-order valence-corrected chi connectivity index (χ1v) is 5.71. The Hall–Kier alpha value is -2.04. The molecule has 0 spiro atoms. The Kier molecular flexibility index (Phi) is 5.70. The third-order valence-electron chi connectivity index (χ3n) is 2.26. The standard InChI is InChI=1S/C13H17NO4/c1-3-18-11-6-4-10(5-7-11)8-12(15)14-9-13(16)17-2/h4-7H,3,8-9H2,1-2H3,(H,14,15). The van der Waals surface area contributed by atoms with E-state index in [-0.39, 0.29) is 18.9 Å². The van der Waals surface area contributed by atoms with E-state index in [9.17, 15) is 9.59 Å². The van der Waals surface area contributed by atoms with Gasteiger partial charge in [-0.25, -0.2) is 0 Å². The van der Waals surface area contributed by atoms with Crippen molar-refractivity contribution in [1.29, 1.82) is 0 Å². The average Bonchev–Trinajstić information content (AvgIpc) is 2.38. The first-order valence-electron chi connectivity index (χ1n) is 5.71. The van der Waals surface area contributed by atoms with Gasteiger partial charge in [-0.05, 0) is 24.6 Å². The predicted octanol–water partition coefficient (Wildman–Crippen LogP) is 0.917. The fourth-order valence-electron chi connectivity index (χ4n) is 1.36. The summed E-state index contributed by atoms with van der Waals surface area (Å²) in [7, 11) is 1.28. The first-order chi connectivity index (χ1) is 8.65. The van der Waals surface area contributed by atoms with Crippen LogP contribution in [0, 0.1) is 0 Å². The molecule has 0 unspecified atom stereocenters. The molecule has 0 aliphatic rings. The van der Waals surface area contributed by atoms with E-state index in [0.29, 0.717) is 6.61 Å². The lowest BCUT2D eigenvalue weighted by atomic mass is 10.1. The second kappa shape index (κ2) is 7.32. The van der Waals surface area contributed by atoms with E-state index in [4.69, 9.17) is 4.74 Å². The fraction of sp³-hybridized carbons (Fsp3) is 0.385. The van der Waals surface area contributed by atoms with Crippen molar-refractivity contribution in [2.75, 3.05) is 20.3 Å². The summed E-state index contributed by atoms with van der Waals surface area (Å²) in [6, 6.07) is 7.27. The molecule has 0 heterocycles. The van der Waals surface area contributed by atoms with E-state index < -0.39 is 5.97 Å². The Bertz CT molecular complexity index is 400. The smallest absolute Gasteiger partial charge is 0.325 e. The molecular formula is C13H17NO4. The summed E-state index contributed by atoms with van der Waals surface area (Å²) in [5, 5.41) is 2.48. The van der Waals surface area contributed by atoms with Crippen molar-refractivity contribution >= 4 is 11.9 Å². The molecule has 5 nitrogen and oxygen atoms in total. The molecule has 98 valence electrons. The molecule has 1 aromatic rings. The number of nitrogens with one attached hydrogen (secondary N) is 1. The number of carbonyl (C=O) groups excluding carboxylic acids is 2. The number of hydrogen-bond acceptors (Lipinski definition) is 4. The number of esters is 1. The Balaban J connectivity index is 2.42. The minimum absolute atomic E-state index is 0.105. The monoisotopic (exact) mass is 251 g/mol. The number of amides is 1. The summed E-state index contributed by atoms with van der Waals surface area (Å²) in [6.07, 6.45) is 0.226. The molecule has 1 aromatic carbocycles. The topological polar surface area (TPSA) is 64.6 Å². The second-order valence-corrected chi connectivity index (χ2v) is 3.61. The van der Waals surface area contributed by atoms with Crippen LogP contribution < -0.4 is 10.1 Å².